The van der Waals surface area contributed by atoms with E-state index in [1.54, 1.807) is 0 Å². The molecule has 0 amide bonds. The normalized spacial score (nSPS) is 36.9. The van der Waals surface area contributed by atoms with Gasteiger partial charge >= 0.3 is 0 Å². The van der Waals surface area contributed by atoms with E-state index in [0.717, 1.165) is 24.9 Å². The van der Waals surface area contributed by atoms with Crippen molar-refractivity contribution in [1.82, 2.24) is 5.32 Å². The van der Waals surface area contributed by atoms with Gasteiger partial charge in [0.25, 0.3) is 0 Å². The Morgan fingerprint density at radius 1 is 0.947 bits per heavy atom. The molecule has 0 heterocycles. The molecule has 2 nitrogen and oxygen atoms in total. The predicted molar refractivity (Wildman–Crippen MR) is 81.2 cm³/mol. The van der Waals surface area contributed by atoms with Crippen molar-refractivity contribution in [2.24, 2.45) is 11.8 Å². The molecule has 4 atom stereocenters. The molecule has 0 aromatic heterocycles. The average molecular weight is 267 g/mol. The van der Waals surface area contributed by atoms with Crippen LogP contribution in [-0.4, -0.2) is 23.8 Å². The van der Waals surface area contributed by atoms with Crippen LogP contribution in [0.25, 0.3) is 0 Å². The van der Waals surface area contributed by atoms with E-state index in [1.165, 1.54) is 64.2 Å². The molecular formula is C17H33NO. The monoisotopic (exact) mass is 267 g/mol. The fourth-order valence-electron chi connectivity index (χ4n) is 4.02. The Kier molecular flexibility index (Phi) is 6.66. The Hall–Kier alpha value is -0.0800. The summed E-state index contributed by atoms with van der Waals surface area (Å²) >= 11 is 0. The van der Waals surface area contributed by atoms with Gasteiger partial charge in [0.15, 0.2) is 0 Å². The number of hydrogen-bond acceptors (Lipinski definition) is 2. The van der Waals surface area contributed by atoms with E-state index in [4.69, 9.17) is 0 Å². The number of rotatable bonds is 5. The van der Waals surface area contributed by atoms with Crippen molar-refractivity contribution in [3.63, 3.8) is 0 Å². The zero-order chi connectivity index (χ0) is 13.5. The van der Waals surface area contributed by atoms with Gasteiger partial charge in [-0.3, -0.25) is 0 Å². The summed E-state index contributed by atoms with van der Waals surface area (Å²) in [6.07, 6.45) is 14.5. The fourth-order valence-corrected chi connectivity index (χ4v) is 4.02. The number of aliphatic hydroxyl groups is 1. The molecule has 2 heteroatoms. The van der Waals surface area contributed by atoms with Crippen LogP contribution in [0.3, 0.4) is 0 Å². The lowest BCUT2D eigenvalue weighted by molar-refractivity contribution is 0.0678. The summed E-state index contributed by atoms with van der Waals surface area (Å²) < 4.78 is 0. The second kappa shape index (κ2) is 8.26. The van der Waals surface area contributed by atoms with Gasteiger partial charge in [-0.1, -0.05) is 45.4 Å². The molecular weight excluding hydrogens is 234 g/mol. The standard InChI is InChI=1S/C17H33NO/c1-2-6-14-7-5-9-16(12-11-14)18-13-15-8-3-4-10-17(15)19/h14-19H,2-13H2,1H3. The van der Waals surface area contributed by atoms with Crippen LogP contribution < -0.4 is 5.32 Å². The lowest BCUT2D eigenvalue weighted by atomic mass is 9.86. The van der Waals surface area contributed by atoms with Gasteiger partial charge < -0.3 is 10.4 Å². The maximum absolute atomic E-state index is 10.0. The Morgan fingerprint density at radius 3 is 2.58 bits per heavy atom. The van der Waals surface area contributed by atoms with Gasteiger partial charge in [0.2, 0.25) is 0 Å². The smallest absolute Gasteiger partial charge is 0.0580 e. The van der Waals surface area contributed by atoms with E-state index < -0.39 is 0 Å². The highest BCUT2D eigenvalue weighted by Crippen LogP contribution is 2.28. The highest BCUT2D eigenvalue weighted by molar-refractivity contribution is 4.80. The third kappa shape index (κ3) is 5.07. The summed E-state index contributed by atoms with van der Waals surface area (Å²) in [5.41, 5.74) is 0. The van der Waals surface area contributed by atoms with Crippen LogP contribution in [-0.2, 0) is 0 Å². The Labute approximate surface area is 119 Å². The fraction of sp³-hybridized carbons (Fsp3) is 1.00. The molecule has 2 N–H and O–H groups in total. The van der Waals surface area contributed by atoms with E-state index in [-0.39, 0.29) is 6.10 Å². The molecule has 0 saturated heterocycles. The van der Waals surface area contributed by atoms with Crippen molar-refractivity contribution in [2.75, 3.05) is 6.54 Å². The van der Waals surface area contributed by atoms with E-state index in [1.807, 2.05) is 0 Å². The first kappa shape index (κ1) is 15.3. The van der Waals surface area contributed by atoms with Gasteiger partial charge in [-0.25, -0.2) is 0 Å². The van der Waals surface area contributed by atoms with E-state index in [2.05, 4.69) is 12.2 Å². The van der Waals surface area contributed by atoms with Crippen LogP contribution >= 0.6 is 0 Å². The summed E-state index contributed by atoms with van der Waals surface area (Å²) in [5, 5.41) is 13.8. The van der Waals surface area contributed by atoms with Crippen molar-refractivity contribution in [2.45, 2.75) is 89.7 Å². The van der Waals surface area contributed by atoms with E-state index >= 15 is 0 Å². The molecule has 4 unspecified atom stereocenters. The van der Waals surface area contributed by atoms with Crippen LogP contribution in [0.5, 0.6) is 0 Å². The predicted octanol–water partition coefficient (Wildman–Crippen LogP) is 3.88. The third-order valence-corrected chi connectivity index (χ3v) is 5.32. The molecule has 112 valence electrons. The minimum absolute atomic E-state index is 0.0418. The van der Waals surface area contributed by atoms with Gasteiger partial charge in [0, 0.05) is 12.6 Å². The lowest BCUT2D eigenvalue weighted by Crippen LogP contribution is -2.38. The summed E-state index contributed by atoms with van der Waals surface area (Å²) in [6, 6.07) is 0.719. The molecule has 2 saturated carbocycles. The number of nitrogens with one attached hydrogen (secondary N) is 1. The summed E-state index contributed by atoms with van der Waals surface area (Å²) in [5.74, 6) is 1.50. The number of hydrogen-bond donors (Lipinski definition) is 2. The molecule has 0 spiro atoms. The minimum Gasteiger partial charge on any atom is -0.393 e. The van der Waals surface area contributed by atoms with Crippen molar-refractivity contribution < 1.29 is 5.11 Å². The Bertz CT molecular complexity index is 243. The summed E-state index contributed by atoms with van der Waals surface area (Å²) in [6.45, 7) is 3.36. The van der Waals surface area contributed by atoms with E-state index in [0.29, 0.717) is 5.92 Å². The zero-order valence-corrected chi connectivity index (χ0v) is 12.7. The molecule has 19 heavy (non-hydrogen) atoms. The molecule has 2 rings (SSSR count). The first-order valence-electron chi connectivity index (χ1n) is 8.71. The third-order valence-electron chi connectivity index (χ3n) is 5.32. The van der Waals surface area contributed by atoms with Crippen LogP contribution in [0.2, 0.25) is 0 Å². The topological polar surface area (TPSA) is 32.3 Å². The van der Waals surface area contributed by atoms with Crippen LogP contribution in [0.4, 0.5) is 0 Å². The maximum atomic E-state index is 10.0. The zero-order valence-electron chi connectivity index (χ0n) is 12.7. The maximum Gasteiger partial charge on any atom is 0.0580 e. The summed E-state index contributed by atoms with van der Waals surface area (Å²) in [4.78, 5) is 0. The second-order valence-electron chi connectivity index (χ2n) is 6.88. The van der Waals surface area contributed by atoms with Gasteiger partial charge in [0.05, 0.1) is 6.10 Å². The molecule has 0 radical (unpaired) electrons. The molecule has 0 aliphatic heterocycles. The van der Waals surface area contributed by atoms with Crippen molar-refractivity contribution >= 4 is 0 Å². The molecule has 0 bridgehead atoms. The summed E-state index contributed by atoms with van der Waals surface area (Å²) in [7, 11) is 0. The Morgan fingerprint density at radius 2 is 1.79 bits per heavy atom. The molecule has 2 fully saturated rings. The highest BCUT2D eigenvalue weighted by Gasteiger charge is 2.24. The molecule has 0 aromatic rings. The van der Waals surface area contributed by atoms with Crippen LogP contribution in [0, 0.1) is 11.8 Å². The second-order valence-corrected chi connectivity index (χ2v) is 6.88. The average Bonchev–Trinajstić information content (AvgIpc) is 2.64. The van der Waals surface area contributed by atoms with Gasteiger partial charge in [-0.2, -0.15) is 0 Å². The number of aliphatic hydroxyl groups excluding tert-OH is 1. The van der Waals surface area contributed by atoms with Crippen molar-refractivity contribution in [3.05, 3.63) is 0 Å². The van der Waals surface area contributed by atoms with Crippen molar-refractivity contribution in [3.8, 4) is 0 Å². The SMILES string of the molecule is CCCC1CCCC(NCC2CCCCC2O)CC1. The quantitative estimate of drug-likeness (QED) is 0.741. The first-order valence-corrected chi connectivity index (χ1v) is 8.71. The first-order chi connectivity index (χ1) is 9.29. The minimum atomic E-state index is -0.0418. The lowest BCUT2D eigenvalue weighted by Gasteiger charge is -2.29. The largest absolute Gasteiger partial charge is 0.393 e. The van der Waals surface area contributed by atoms with Crippen molar-refractivity contribution in [1.29, 1.82) is 0 Å². The van der Waals surface area contributed by atoms with Gasteiger partial charge in [-0.05, 0) is 43.9 Å². The molecule has 2 aliphatic rings. The van der Waals surface area contributed by atoms with Crippen LogP contribution in [0.15, 0.2) is 0 Å². The van der Waals surface area contributed by atoms with Crippen LogP contribution in [0.1, 0.15) is 77.6 Å². The molecule has 0 aromatic carbocycles. The van der Waals surface area contributed by atoms with E-state index in [9.17, 15) is 5.11 Å². The molecule has 2 aliphatic carbocycles. The van der Waals surface area contributed by atoms with Gasteiger partial charge in [0.1, 0.15) is 0 Å². The highest BCUT2D eigenvalue weighted by atomic mass is 16.3. The van der Waals surface area contributed by atoms with Gasteiger partial charge in [-0.15, -0.1) is 0 Å². The Balaban J connectivity index is 1.68.